The largest absolute Gasteiger partial charge is 0.478 e. The number of ether oxygens (including phenoxy) is 1. The summed E-state index contributed by atoms with van der Waals surface area (Å²) in [5.74, 6) is -1.15. The lowest BCUT2D eigenvalue weighted by Gasteiger charge is -2.25. The number of hydrogen-bond acceptors (Lipinski definition) is 5. The van der Waals surface area contributed by atoms with Gasteiger partial charge in [0, 0.05) is 12.3 Å². The summed E-state index contributed by atoms with van der Waals surface area (Å²) >= 11 is 0. The Kier molecular flexibility index (Phi) is 4.97. The van der Waals surface area contributed by atoms with Crippen molar-refractivity contribution in [1.29, 1.82) is 0 Å². The Morgan fingerprint density at radius 2 is 1.77 bits per heavy atom. The van der Waals surface area contributed by atoms with Crippen molar-refractivity contribution in [2.24, 2.45) is 0 Å². The van der Waals surface area contributed by atoms with Crippen molar-refractivity contribution in [2.75, 3.05) is 5.32 Å². The van der Waals surface area contributed by atoms with E-state index in [1.807, 2.05) is 0 Å². The van der Waals surface area contributed by atoms with Crippen LogP contribution in [-0.4, -0.2) is 28.4 Å². The Labute approximate surface area is 147 Å². The fourth-order valence-corrected chi connectivity index (χ4v) is 2.37. The van der Waals surface area contributed by atoms with Gasteiger partial charge in [-0.05, 0) is 18.2 Å². The number of pyridine rings is 1. The number of aromatic nitrogens is 1. The number of carbonyl (C=O) groups is 3. The maximum absolute atomic E-state index is 12.0. The molecule has 1 aromatic heterocycles. The van der Waals surface area contributed by atoms with Crippen LogP contribution in [0, 0.1) is 0 Å². The summed E-state index contributed by atoms with van der Waals surface area (Å²) in [7, 11) is 0. The molecule has 0 saturated carbocycles. The number of amides is 3. The quantitative estimate of drug-likeness (QED) is 0.655. The van der Waals surface area contributed by atoms with Crippen molar-refractivity contribution >= 4 is 23.4 Å². The molecule has 0 aliphatic carbocycles. The highest BCUT2D eigenvalue weighted by Gasteiger charge is 2.29. The molecule has 1 atom stereocenters. The second-order valence-corrected chi connectivity index (χ2v) is 5.56. The fourth-order valence-electron chi connectivity index (χ4n) is 2.37. The zero-order valence-corrected chi connectivity index (χ0v) is 13.6. The second-order valence-electron chi connectivity index (χ2n) is 5.56. The first-order valence-electron chi connectivity index (χ1n) is 7.82. The van der Waals surface area contributed by atoms with Crippen LogP contribution < -0.4 is 26.5 Å². The van der Waals surface area contributed by atoms with Crippen LogP contribution in [0.1, 0.15) is 6.42 Å². The topological polar surface area (TPSA) is 119 Å². The number of benzene rings is 1. The van der Waals surface area contributed by atoms with E-state index in [0.29, 0.717) is 11.4 Å². The number of nitrogens with one attached hydrogen (secondary N) is 3. The molecule has 0 unspecified atom stereocenters. The standard InChI is InChI=1S/C17H16N4O5/c22-14(19-20-15(23)10-21-8-4-3-7-16(21)24)9-13-17(25)18-11-5-1-2-6-12(11)26-13/h1-8,13H,9-10H2,(H,18,25)(H,19,22)(H,20,23)/t13-/m1/s1. The number of carbonyl (C=O) groups excluding carboxylic acids is 3. The maximum Gasteiger partial charge on any atom is 0.266 e. The summed E-state index contributed by atoms with van der Waals surface area (Å²) < 4.78 is 6.69. The van der Waals surface area contributed by atoms with Gasteiger partial charge < -0.3 is 14.6 Å². The highest BCUT2D eigenvalue weighted by molar-refractivity contribution is 6.00. The van der Waals surface area contributed by atoms with Crippen LogP contribution >= 0.6 is 0 Å². The number of anilines is 1. The van der Waals surface area contributed by atoms with E-state index < -0.39 is 23.8 Å². The lowest BCUT2D eigenvalue weighted by molar-refractivity contribution is -0.133. The summed E-state index contributed by atoms with van der Waals surface area (Å²) in [6.45, 7) is -0.242. The van der Waals surface area contributed by atoms with Gasteiger partial charge in [0.1, 0.15) is 12.3 Å². The van der Waals surface area contributed by atoms with Gasteiger partial charge >= 0.3 is 0 Å². The molecular weight excluding hydrogens is 340 g/mol. The molecule has 0 saturated heterocycles. The van der Waals surface area contributed by atoms with Crippen LogP contribution in [0.3, 0.4) is 0 Å². The highest BCUT2D eigenvalue weighted by Crippen LogP contribution is 2.29. The molecule has 0 bridgehead atoms. The van der Waals surface area contributed by atoms with E-state index in [2.05, 4.69) is 16.2 Å². The predicted octanol–water partition coefficient (Wildman–Crippen LogP) is -0.214. The van der Waals surface area contributed by atoms with Crippen molar-refractivity contribution in [2.45, 2.75) is 19.1 Å². The molecule has 0 radical (unpaired) electrons. The van der Waals surface area contributed by atoms with Gasteiger partial charge in [0.15, 0.2) is 6.10 Å². The van der Waals surface area contributed by atoms with Gasteiger partial charge in [0.05, 0.1) is 12.1 Å². The number of rotatable bonds is 4. The molecule has 26 heavy (non-hydrogen) atoms. The summed E-state index contributed by atoms with van der Waals surface area (Å²) in [6, 6.07) is 11.4. The van der Waals surface area contributed by atoms with Crippen LogP contribution in [-0.2, 0) is 20.9 Å². The zero-order chi connectivity index (χ0) is 18.5. The Bertz CT molecular complexity index is 908. The van der Waals surface area contributed by atoms with Gasteiger partial charge in [-0.25, -0.2) is 0 Å². The Morgan fingerprint density at radius 3 is 2.58 bits per heavy atom. The first-order valence-corrected chi connectivity index (χ1v) is 7.82. The third kappa shape index (κ3) is 4.07. The average Bonchev–Trinajstić information content (AvgIpc) is 2.62. The number of nitrogens with zero attached hydrogens (tertiary/aromatic N) is 1. The van der Waals surface area contributed by atoms with Crippen LogP contribution in [0.15, 0.2) is 53.5 Å². The summed E-state index contributed by atoms with van der Waals surface area (Å²) in [6.07, 6.45) is 0.186. The Hall–Kier alpha value is -3.62. The minimum atomic E-state index is -1.00. The first kappa shape index (κ1) is 17.2. The van der Waals surface area contributed by atoms with Crippen LogP contribution in [0.5, 0.6) is 5.75 Å². The smallest absolute Gasteiger partial charge is 0.266 e. The number of hydrazine groups is 1. The van der Waals surface area contributed by atoms with E-state index in [-0.39, 0.29) is 18.5 Å². The van der Waals surface area contributed by atoms with Crippen LogP contribution in [0.2, 0.25) is 0 Å². The minimum Gasteiger partial charge on any atom is -0.478 e. The summed E-state index contributed by atoms with van der Waals surface area (Å²) in [5.41, 5.74) is 4.60. The van der Waals surface area contributed by atoms with E-state index in [1.54, 1.807) is 36.4 Å². The Balaban J connectivity index is 1.50. The van der Waals surface area contributed by atoms with Gasteiger partial charge in [0.2, 0.25) is 5.91 Å². The van der Waals surface area contributed by atoms with Crippen molar-refractivity contribution in [3.8, 4) is 5.75 Å². The Morgan fingerprint density at radius 1 is 1.04 bits per heavy atom. The molecular formula is C17H16N4O5. The lowest BCUT2D eigenvalue weighted by Crippen LogP contribution is -2.47. The van der Waals surface area contributed by atoms with E-state index >= 15 is 0 Å². The van der Waals surface area contributed by atoms with Gasteiger partial charge in [-0.3, -0.25) is 30.0 Å². The molecule has 9 nitrogen and oxygen atoms in total. The third-order valence-electron chi connectivity index (χ3n) is 3.63. The number of fused-ring (bicyclic) bond motifs is 1. The normalized spacial score (nSPS) is 15.2. The van der Waals surface area contributed by atoms with Crippen LogP contribution in [0.4, 0.5) is 5.69 Å². The van der Waals surface area contributed by atoms with Crippen molar-refractivity contribution in [3.63, 3.8) is 0 Å². The fraction of sp³-hybridized carbons (Fsp3) is 0.176. The molecule has 9 heteroatoms. The van der Waals surface area contributed by atoms with Crippen molar-refractivity contribution in [1.82, 2.24) is 15.4 Å². The SMILES string of the molecule is O=C(C[C@H]1Oc2ccccc2NC1=O)NNC(=O)Cn1ccccc1=O. The highest BCUT2D eigenvalue weighted by atomic mass is 16.5. The van der Waals surface area contributed by atoms with Gasteiger partial charge in [-0.15, -0.1) is 0 Å². The molecule has 0 fully saturated rings. The molecule has 3 rings (SSSR count). The first-order chi connectivity index (χ1) is 12.5. The van der Waals surface area contributed by atoms with Crippen molar-refractivity contribution in [3.05, 3.63) is 59.0 Å². The second kappa shape index (κ2) is 7.51. The number of hydrogen-bond donors (Lipinski definition) is 3. The number of para-hydroxylation sites is 2. The molecule has 0 spiro atoms. The molecule has 1 aliphatic rings. The molecule has 134 valence electrons. The predicted molar refractivity (Wildman–Crippen MR) is 91.1 cm³/mol. The van der Waals surface area contributed by atoms with E-state index in [4.69, 9.17) is 4.74 Å². The van der Waals surface area contributed by atoms with Gasteiger partial charge in [-0.1, -0.05) is 18.2 Å². The molecule has 2 heterocycles. The molecule has 2 aromatic rings. The van der Waals surface area contributed by atoms with Crippen molar-refractivity contribution < 1.29 is 19.1 Å². The lowest BCUT2D eigenvalue weighted by atomic mass is 10.1. The van der Waals surface area contributed by atoms with Gasteiger partial charge in [-0.2, -0.15) is 0 Å². The molecule has 1 aliphatic heterocycles. The summed E-state index contributed by atoms with van der Waals surface area (Å²) in [4.78, 5) is 47.2. The van der Waals surface area contributed by atoms with Gasteiger partial charge in [0.25, 0.3) is 17.4 Å². The van der Waals surface area contributed by atoms with E-state index in [1.165, 1.54) is 16.8 Å². The zero-order valence-electron chi connectivity index (χ0n) is 13.6. The molecule has 1 aromatic carbocycles. The molecule has 3 N–H and O–H groups in total. The van der Waals surface area contributed by atoms with E-state index in [0.717, 1.165) is 0 Å². The monoisotopic (exact) mass is 356 g/mol. The van der Waals surface area contributed by atoms with E-state index in [9.17, 15) is 19.2 Å². The average molecular weight is 356 g/mol. The minimum absolute atomic E-state index is 0.242. The molecule has 3 amide bonds. The summed E-state index contributed by atoms with van der Waals surface area (Å²) in [5, 5.41) is 2.65. The third-order valence-corrected chi connectivity index (χ3v) is 3.63. The maximum atomic E-state index is 12.0. The van der Waals surface area contributed by atoms with Crippen LogP contribution in [0.25, 0.3) is 0 Å².